The molecule has 0 aliphatic heterocycles. The second kappa shape index (κ2) is 8.29. The average Bonchev–Trinajstić information content (AvgIpc) is 3.27. The fraction of sp³-hybridized carbons (Fsp3) is 0.474. The number of nitrogens with one attached hydrogen (secondary N) is 2. The molecule has 1 saturated carbocycles. The van der Waals surface area contributed by atoms with Gasteiger partial charge in [-0.15, -0.1) is 11.3 Å². The van der Waals surface area contributed by atoms with Crippen LogP contribution < -0.4 is 10.6 Å². The van der Waals surface area contributed by atoms with Gasteiger partial charge in [0.2, 0.25) is 0 Å². The summed E-state index contributed by atoms with van der Waals surface area (Å²) in [5, 5.41) is 10.0. The molecule has 3 rings (SSSR count). The van der Waals surface area contributed by atoms with Gasteiger partial charge in [-0.1, -0.05) is 30.3 Å². The molecule has 1 aromatic carbocycles. The molecule has 128 valence electrons. The van der Waals surface area contributed by atoms with E-state index in [4.69, 9.17) is 4.99 Å². The third-order valence-electron chi connectivity index (χ3n) is 4.32. The van der Waals surface area contributed by atoms with Crippen molar-refractivity contribution >= 4 is 17.3 Å². The molecule has 0 radical (unpaired) electrons. The van der Waals surface area contributed by atoms with E-state index >= 15 is 0 Å². The molecule has 0 saturated heterocycles. The van der Waals surface area contributed by atoms with E-state index in [-0.39, 0.29) is 0 Å². The van der Waals surface area contributed by atoms with Gasteiger partial charge in [-0.3, -0.25) is 4.99 Å². The third-order valence-corrected chi connectivity index (χ3v) is 5.14. The lowest BCUT2D eigenvalue weighted by Crippen LogP contribution is -2.38. The normalized spacial score (nSPS) is 20.0. The number of thiazole rings is 1. The van der Waals surface area contributed by atoms with E-state index in [0.717, 1.165) is 42.7 Å². The van der Waals surface area contributed by atoms with Gasteiger partial charge in [-0.25, -0.2) is 4.98 Å². The van der Waals surface area contributed by atoms with Crippen molar-refractivity contribution in [3.05, 3.63) is 52.0 Å². The van der Waals surface area contributed by atoms with Crippen LogP contribution in [0, 0.1) is 12.8 Å². The Balaban J connectivity index is 1.45. The van der Waals surface area contributed by atoms with Gasteiger partial charge in [-0.05, 0) is 37.7 Å². The highest BCUT2D eigenvalue weighted by Crippen LogP contribution is 2.47. The van der Waals surface area contributed by atoms with Crippen LogP contribution in [0.5, 0.6) is 0 Å². The van der Waals surface area contributed by atoms with Gasteiger partial charge in [0.15, 0.2) is 5.96 Å². The number of aryl methyl sites for hydroxylation is 1. The lowest BCUT2D eigenvalue weighted by atomic mass is 10.1. The summed E-state index contributed by atoms with van der Waals surface area (Å²) in [6, 6.07) is 10.8. The van der Waals surface area contributed by atoms with Crippen molar-refractivity contribution in [3.8, 4) is 0 Å². The molecular weight excluding hydrogens is 316 g/mol. The van der Waals surface area contributed by atoms with Crippen LogP contribution in [-0.4, -0.2) is 30.6 Å². The number of rotatable bonds is 7. The predicted octanol–water partition coefficient (Wildman–Crippen LogP) is 3.35. The minimum atomic E-state index is 0.684. The molecule has 0 bridgehead atoms. The Morgan fingerprint density at radius 1 is 1.29 bits per heavy atom. The lowest BCUT2D eigenvalue weighted by Gasteiger charge is -2.10. The van der Waals surface area contributed by atoms with Crippen molar-refractivity contribution in [1.82, 2.24) is 15.6 Å². The summed E-state index contributed by atoms with van der Waals surface area (Å²) >= 11 is 1.71. The molecule has 1 aliphatic carbocycles. The maximum Gasteiger partial charge on any atom is 0.191 e. The largest absolute Gasteiger partial charge is 0.357 e. The molecule has 2 atom stereocenters. The Morgan fingerprint density at radius 3 is 2.83 bits per heavy atom. The number of hydrogen-bond acceptors (Lipinski definition) is 3. The van der Waals surface area contributed by atoms with Crippen LogP contribution in [0.3, 0.4) is 0 Å². The van der Waals surface area contributed by atoms with E-state index in [2.05, 4.69) is 58.3 Å². The van der Waals surface area contributed by atoms with Gasteiger partial charge < -0.3 is 10.6 Å². The van der Waals surface area contributed by atoms with E-state index in [1.165, 1.54) is 12.0 Å². The van der Waals surface area contributed by atoms with Crippen LogP contribution in [0.15, 0.2) is 40.7 Å². The number of hydrogen-bond donors (Lipinski definition) is 2. The predicted molar refractivity (Wildman–Crippen MR) is 102 cm³/mol. The first-order valence-electron chi connectivity index (χ1n) is 8.74. The Kier molecular flexibility index (Phi) is 5.86. The number of guanidine groups is 1. The summed E-state index contributed by atoms with van der Waals surface area (Å²) in [7, 11) is 0. The highest BCUT2D eigenvalue weighted by molar-refractivity contribution is 7.09. The third kappa shape index (κ3) is 4.81. The Hall–Kier alpha value is -1.88. The highest BCUT2D eigenvalue weighted by Gasteiger charge is 2.37. The van der Waals surface area contributed by atoms with Gasteiger partial charge >= 0.3 is 0 Å². The molecule has 1 fully saturated rings. The van der Waals surface area contributed by atoms with Gasteiger partial charge in [0.25, 0.3) is 0 Å². The van der Waals surface area contributed by atoms with Gasteiger partial charge in [0.1, 0.15) is 0 Å². The summed E-state index contributed by atoms with van der Waals surface area (Å²) < 4.78 is 0. The standard InChI is InChI=1S/C19H26N4S/c1-3-20-19(21-10-9-17-13-24-14(2)23-17)22-12-16-11-18(16)15-7-5-4-6-8-15/h4-8,13,16,18H,3,9-12H2,1-2H3,(H2,20,21,22). The summed E-state index contributed by atoms with van der Waals surface area (Å²) in [4.78, 5) is 9.26. The molecule has 2 aromatic rings. The topological polar surface area (TPSA) is 49.3 Å². The minimum Gasteiger partial charge on any atom is -0.357 e. The lowest BCUT2D eigenvalue weighted by molar-refractivity contribution is 0.760. The SMILES string of the molecule is CCNC(=NCC1CC1c1ccccc1)NCCc1csc(C)n1. The molecule has 2 N–H and O–H groups in total. The molecule has 1 aliphatic rings. The fourth-order valence-electron chi connectivity index (χ4n) is 2.94. The Morgan fingerprint density at radius 2 is 2.12 bits per heavy atom. The molecule has 0 spiro atoms. The van der Waals surface area contributed by atoms with Crippen LogP contribution in [0.4, 0.5) is 0 Å². The smallest absolute Gasteiger partial charge is 0.191 e. The first-order valence-corrected chi connectivity index (χ1v) is 9.62. The van der Waals surface area contributed by atoms with Gasteiger partial charge in [0.05, 0.1) is 10.7 Å². The van der Waals surface area contributed by atoms with Crippen LogP contribution in [0.2, 0.25) is 0 Å². The van der Waals surface area contributed by atoms with Crippen molar-refractivity contribution in [2.75, 3.05) is 19.6 Å². The van der Waals surface area contributed by atoms with E-state index in [1.807, 2.05) is 6.92 Å². The molecule has 5 heteroatoms. The number of aliphatic imine (C=N–C) groups is 1. The van der Waals surface area contributed by atoms with Gasteiger partial charge in [-0.2, -0.15) is 0 Å². The molecule has 2 unspecified atom stereocenters. The maximum atomic E-state index is 4.76. The number of nitrogens with zero attached hydrogens (tertiary/aromatic N) is 2. The minimum absolute atomic E-state index is 0.684. The van der Waals surface area contributed by atoms with Gasteiger partial charge in [0, 0.05) is 31.4 Å². The molecule has 1 heterocycles. The number of aromatic nitrogens is 1. The Bertz CT molecular complexity index is 665. The van der Waals surface area contributed by atoms with Crippen LogP contribution in [-0.2, 0) is 6.42 Å². The van der Waals surface area contributed by atoms with Crippen molar-refractivity contribution < 1.29 is 0 Å². The Labute approximate surface area is 148 Å². The van der Waals surface area contributed by atoms with Crippen molar-refractivity contribution in [3.63, 3.8) is 0 Å². The molecule has 1 aromatic heterocycles. The zero-order valence-electron chi connectivity index (χ0n) is 14.5. The highest BCUT2D eigenvalue weighted by atomic mass is 32.1. The van der Waals surface area contributed by atoms with Crippen molar-refractivity contribution in [2.24, 2.45) is 10.9 Å². The second-order valence-electron chi connectivity index (χ2n) is 6.27. The van der Waals surface area contributed by atoms with Crippen molar-refractivity contribution in [1.29, 1.82) is 0 Å². The van der Waals surface area contributed by atoms with E-state index in [0.29, 0.717) is 11.8 Å². The summed E-state index contributed by atoms with van der Waals surface area (Å²) in [5.74, 6) is 2.29. The number of benzene rings is 1. The summed E-state index contributed by atoms with van der Waals surface area (Å²) in [5.41, 5.74) is 2.61. The first-order chi connectivity index (χ1) is 11.8. The molecule has 0 amide bonds. The summed E-state index contributed by atoms with van der Waals surface area (Å²) in [6.07, 6.45) is 2.19. The zero-order chi connectivity index (χ0) is 16.8. The van der Waals surface area contributed by atoms with Crippen LogP contribution >= 0.6 is 11.3 Å². The maximum absolute atomic E-state index is 4.76. The van der Waals surface area contributed by atoms with E-state index in [9.17, 15) is 0 Å². The molecule has 24 heavy (non-hydrogen) atoms. The zero-order valence-corrected chi connectivity index (χ0v) is 15.3. The monoisotopic (exact) mass is 342 g/mol. The average molecular weight is 343 g/mol. The molecular formula is C19H26N4S. The van der Waals surface area contributed by atoms with E-state index < -0.39 is 0 Å². The quantitative estimate of drug-likeness (QED) is 0.599. The van der Waals surface area contributed by atoms with Crippen molar-refractivity contribution in [2.45, 2.75) is 32.6 Å². The summed E-state index contributed by atoms with van der Waals surface area (Å²) in [6.45, 7) is 6.79. The van der Waals surface area contributed by atoms with Crippen LogP contribution in [0.25, 0.3) is 0 Å². The van der Waals surface area contributed by atoms with Crippen LogP contribution in [0.1, 0.15) is 35.5 Å². The second-order valence-corrected chi connectivity index (χ2v) is 7.33. The van der Waals surface area contributed by atoms with E-state index in [1.54, 1.807) is 11.3 Å². The fourth-order valence-corrected chi connectivity index (χ4v) is 3.59. The first kappa shape index (κ1) is 17.0. The molecule has 4 nitrogen and oxygen atoms in total.